The number of rotatable bonds is 4. The Morgan fingerprint density at radius 3 is 2.37 bits per heavy atom. The standard InChI is InChI=1S/C13H17N5O/c1-3-8-6-5-7-9(4-2)10(8)15-13(19)11-12(14)17-18-16-11/h5-7H,3-4H2,1-2H3,(H,15,19)(H3,14,16,17,18). The Balaban J connectivity index is 2.33. The zero-order valence-corrected chi connectivity index (χ0v) is 11.0. The Kier molecular flexibility index (Phi) is 3.79. The van der Waals surface area contributed by atoms with Crippen molar-refractivity contribution in [2.45, 2.75) is 26.7 Å². The second kappa shape index (κ2) is 5.51. The summed E-state index contributed by atoms with van der Waals surface area (Å²) in [5, 5.41) is 12.6. The summed E-state index contributed by atoms with van der Waals surface area (Å²) in [4.78, 5) is 12.1. The van der Waals surface area contributed by atoms with Crippen LogP contribution in [0, 0.1) is 0 Å². The molecule has 1 heterocycles. The van der Waals surface area contributed by atoms with E-state index in [-0.39, 0.29) is 17.4 Å². The van der Waals surface area contributed by atoms with E-state index in [2.05, 4.69) is 34.6 Å². The fourth-order valence-corrected chi connectivity index (χ4v) is 1.98. The van der Waals surface area contributed by atoms with Crippen molar-refractivity contribution in [3.8, 4) is 0 Å². The minimum Gasteiger partial charge on any atom is -0.380 e. The van der Waals surface area contributed by atoms with E-state index in [4.69, 9.17) is 5.73 Å². The van der Waals surface area contributed by atoms with Gasteiger partial charge in [0.05, 0.1) is 0 Å². The van der Waals surface area contributed by atoms with E-state index in [1.807, 2.05) is 18.2 Å². The molecular weight excluding hydrogens is 242 g/mol. The van der Waals surface area contributed by atoms with Gasteiger partial charge in [0.15, 0.2) is 11.5 Å². The van der Waals surface area contributed by atoms with E-state index in [9.17, 15) is 4.79 Å². The number of para-hydroxylation sites is 1. The Labute approximate surface area is 111 Å². The molecule has 1 aromatic heterocycles. The Morgan fingerprint density at radius 2 is 1.89 bits per heavy atom. The van der Waals surface area contributed by atoms with Gasteiger partial charge in [0.2, 0.25) is 0 Å². The average Bonchev–Trinajstić information content (AvgIpc) is 2.85. The lowest BCUT2D eigenvalue weighted by atomic mass is 10.0. The number of nitrogens with one attached hydrogen (secondary N) is 2. The Bertz CT molecular complexity index is 568. The van der Waals surface area contributed by atoms with Crippen molar-refractivity contribution in [1.82, 2.24) is 15.4 Å². The molecule has 0 aliphatic carbocycles. The highest BCUT2D eigenvalue weighted by atomic mass is 16.2. The van der Waals surface area contributed by atoms with Crippen molar-refractivity contribution < 1.29 is 4.79 Å². The SMILES string of the molecule is CCc1cccc(CC)c1NC(=O)c1n[nH]nc1N. The monoisotopic (exact) mass is 259 g/mol. The van der Waals surface area contributed by atoms with Crippen LogP contribution in [0.5, 0.6) is 0 Å². The summed E-state index contributed by atoms with van der Waals surface area (Å²) < 4.78 is 0. The van der Waals surface area contributed by atoms with E-state index in [0.717, 1.165) is 29.7 Å². The number of aromatic nitrogens is 3. The second-order valence-corrected chi connectivity index (χ2v) is 4.17. The minimum absolute atomic E-state index is 0.101. The van der Waals surface area contributed by atoms with Gasteiger partial charge in [-0.05, 0) is 24.0 Å². The zero-order chi connectivity index (χ0) is 13.8. The van der Waals surface area contributed by atoms with Gasteiger partial charge in [0.25, 0.3) is 5.91 Å². The summed E-state index contributed by atoms with van der Waals surface area (Å²) in [6.45, 7) is 4.10. The number of carbonyl (C=O) groups excluding carboxylic acids is 1. The van der Waals surface area contributed by atoms with Gasteiger partial charge in [-0.2, -0.15) is 5.21 Å². The molecule has 6 heteroatoms. The third-order valence-corrected chi connectivity index (χ3v) is 3.03. The summed E-state index contributed by atoms with van der Waals surface area (Å²) in [5.74, 6) is -0.244. The molecule has 0 unspecified atom stereocenters. The largest absolute Gasteiger partial charge is 0.380 e. The summed E-state index contributed by atoms with van der Waals surface area (Å²) in [6, 6.07) is 6.00. The van der Waals surface area contributed by atoms with E-state index in [0.29, 0.717) is 0 Å². The number of carbonyl (C=O) groups is 1. The maximum absolute atomic E-state index is 12.1. The number of aromatic amines is 1. The van der Waals surface area contributed by atoms with Crippen molar-refractivity contribution in [2.24, 2.45) is 0 Å². The van der Waals surface area contributed by atoms with Crippen LogP contribution in [0.2, 0.25) is 0 Å². The third kappa shape index (κ3) is 2.57. The van der Waals surface area contributed by atoms with E-state index < -0.39 is 0 Å². The van der Waals surface area contributed by atoms with Crippen LogP contribution >= 0.6 is 0 Å². The van der Waals surface area contributed by atoms with Crippen molar-refractivity contribution >= 4 is 17.4 Å². The van der Waals surface area contributed by atoms with Gasteiger partial charge in [0, 0.05) is 5.69 Å². The minimum atomic E-state index is -0.346. The van der Waals surface area contributed by atoms with Crippen LogP contribution in [-0.2, 0) is 12.8 Å². The van der Waals surface area contributed by atoms with Gasteiger partial charge in [-0.15, -0.1) is 10.2 Å². The zero-order valence-electron chi connectivity index (χ0n) is 11.0. The number of hydrogen-bond acceptors (Lipinski definition) is 4. The van der Waals surface area contributed by atoms with E-state index in [1.165, 1.54) is 0 Å². The molecule has 0 radical (unpaired) electrons. The Hall–Kier alpha value is -2.37. The van der Waals surface area contributed by atoms with Crippen molar-refractivity contribution in [2.75, 3.05) is 11.1 Å². The first kappa shape index (κ1) is 13.1. The first-order valence-corrected chi connectivity index (χ1v) is 6.25. The van der Waals surface area contributed by atoms with Gasteiger partial charge in [0.1, 0.15) is 0 Å². The lowest BCUT2D eigenvalue weighted by Gasteiger charge is -2.13. The molecule has 0 aliphatic heterocycles. The number of nitrogen functional groups attached to an aromatic ring is 1. The van der Waals surface area contributed by atoms with Gasteiger partial charge < -0.3 is 11.1 Å². The average molecular weight is 259 g/mol. The van der Waals surface area contributed by atoms with Crippen LogP contribution in [-0.4, -0.2) is 21.3 Å². The maximum Gasteiger partial charge on any atom is 0.280 e. The van der Waals surface area contributed by atoms with Crippen LogP contribution in [0.15, 0.2) is 18.2 Å². The first-order chi connectivity index (χ1) is 9.17. The molecule has 0 aliphatic rings. The fraction of sp³-hybridized carbons (Fsp3) is 0.308. The lowest BCUT2D eigenvalue weighted by molar-refractivity contribution is 0.102. The number of hydrogen-bond donors (Lipinski definition) is 3. The normalized spacial score (nSPS) is 10.4. The number of nitrogens with zero attached hydrogens (tertiary/aromatic N) is 2. The van der Waals surface area contributed by atoms with Crippen LogP contribution in [0.25, 0.3) is 0 Å². The summed E-state index contributed by atoms with van der Waals surface area (Å²) in [5.41, 5.74) is 8.72. The van der Waals surface area contributed by atoms with Gasteiger partial charge in [-0.25, -0.2) is 0 Å². The quantitative estimate of drug-likeness (QED) is 0.779. The second-order valence-electron chi connectivity index (χ2n) is 4.17. The number of amides is 1. The molecule has 0 atom stereocenters. The van der Waals surface area contributed by atoms with Gasteiger partial charge in [-0.3, -0.25) is 4.79 Å². The molecule has 0 fully saturated rings. The third-order valence-electron chi connectivity index (χ3n) is 3.03. The van der Waals surface area contributed by atoms with Crippen molar-refractivity contribution in [3.63, 3.8) is 0 Å². The van der Waals surface area contributed by atoms with Gasteiger partial charge in [-0.1, -0.05) is 32.0 Å². The fourth-order valence-electron chi connectivity index (χ4n) is 1.98. The van der Waals surface area contributed by atoms with E-state index in [1.54, 1.807) is 0 Å². The summed E-state index contributed by atoms with van der Waals surface area (Å²) in [6.07, 6.45) is 1.69. The molecule has 2 rings (SSSR count). The number of anilines is 2. The molecule has 0 saturated carbocycles. The van der Waals surface area contributed by atoms with Gasteiger partial charge >= 0.3 is 0 Å². The highest BCUT2D eigenvalue weighted by Gasteiger charge is 2.16. The van der Waals surface area contributed by atoms with Crippen LogP contribution in [0.4, 0.5) is 11.5 Å². The molecule has 1 aromatic carbocycles. The predicted octanol–water partition coefficient (Wildman–Crippen LogP) is 1.76. The molecule has 100 valence electrons. The highest BCUT2D eigenvalue weighted by Crippen LogP contribution is 2.23. The predicted molar refractivity (Wildman–Crippen MR) is 73.9 cm³/mol. The highest BCUT2D eigenvalue weighted by molar-refractivity contribution is 6.06. The Morgan fingerprint density at radius 1 is 1.26 bits per heavy atom. The number of aryl methyl sites for hydroxylation is 2. The molecule has 0 spiro atoms. The number of nitrogens with two attached hydrogens (primary N) is 1. The molecular formula is C13H17N5O. The first-order valence-electron chi connectivity index (χ1n) is 6.25. The smallest absolute Gasteiger partial charge is 0.280 e. The van der Waals surface area contributed by atoms with Crippen LogP contribution in [0.1, 0.15) is 35.5 Å². The van der Waals surface area contributed by atoms with E-state index >= 15 is 0 Å². The molecule has 0 bridgehead atoms. The van der Waals surface area contributed by atoms with Crippen molar-refractivity contribution in [1.29, 1.82) is 0 Å². The maximum atomic E-state index is 12.1. The van der Waals surface area contributed by atoms with Crippen LogP contribution in [0.3, 0.4) is 0 Å². The topological polar surface area (TPSA) is 96.7 Å². The van der Waals surface area contributed by atoms with Crippen LogP contribution < -0.4 is 11.1 Å². The summed E-state index contributed by atoms with van der Waals surface area (Å²) >= 11 is 0. The molecule has 1 amide bonds. The molecule has 2 aromatic rings. The molecule has 6 nitrogen and oxygen atoms in total. The molecule has 0 saturated heterocycles. The molecule has 4 N–H and O–H groups in total. The van der Waals surface area contributed by atoms with Crippen molar-refractivity contribution in [3.05, 3.63) is 35.0 Å². The lowest BCUT2D eigenvalue weighted by Crippen LogP contribution is -2.16. The number of benzene rings is 1. The number of H-pyrrole nitrogens is 1. The summed E-state index contributed by atoms with van der Waals surface area (Å²) in [7, 11) is 0. The molecule has 19 heavy (non-hydrogen) atoms.